The van der Waals surface area contributed by atoms with Crippen molar-refractivity contribution in [3.63, 3.8) is 0 Å². The van der Waals surface area contributed by atoms with E-state index in [-0.39, 0.29) is 30.3 Å². The number of nitrogens with one attached hydrogen (secondary N) is 2. The number of hydrogen-bond acceptors (Lipinski definition) is 6. The van der Waals surface area contributed by atoms with Crippen LogP contribution in [0.3, 0.4) is 0 Å². The smallest absolute Gasteiger partial charge is 0.434 e. The number of H-pyrrole nitrogens is 2. The van der Waals surface area contributed by atoms with Gasteiger partial charge in [-0.15, -0.1) is 24.2 Å². The second kappa shape index (κ2) is 8.28. The van der Waals surface area contributed by atoms with E-state index in [1.54, 1.807) is 18.7 Å². The quantitative estimate of drug-likeness (QED) is 0.461. The predicted octanol–water partition coefficient (Wildman–Crippen LogP) is 3.02. The Labute approximate surface area is 153 Å². The molecule has 9 heteroatoms. The van der Waals surface area contributed by atoms with Gasteiger partial charge in [-0.3, -0.25) is 4.79 Å². The van der Waals surface area contributed by atoms with Gasteiger partial charge in [0.1, 0.15) is 5.52 Å². The molecular weight excluding hydrogens is 366 g/mol. The molecule has 0 fully saturated rings. The van der Waals surface area contributed by atoms with E-state index in [0.29, 0.717) is 23.0 Å². The predicted molar refractivity (Wildman–Crippen MR) is 101 cm³/mol. The Morgan fingerprint density at radius 1 is 1.36 bits per heavy atom. The Balaban J connectivity index is 0.00000225. The fourth-order valence-corrected chi connectivity index (χ4v) is 3.18. The zero-order valence-corrected chi connectivity index (χ0v) is 15.1. The lowest BCUT2D eigenvalue weighted by atomic mass is 10.1. The number of nitrogens with two attached hydrogens (primary N) is 1. The summed E-state index contributed by atoms with van der Waals surface area (Å²) in [7, 11) is 0. The minimum atomic E-state index is -0.805. The molecule has 134 valence electrons. The van der Waals surface area contributed by atoms with Gasteiger partial charge in [-0.25, -0.2) is 4.79 Å². The number of aromatic nitrogens is 2. The number of aromatic amines is 2. The van der Waals surface area contributed by atoms with Gasteiger partial charge >= 0.3 is 6.16 Å². The van der Waals surface area contributed by atoms with Crippen molar-refractivity contribution >= 4 is 52.1 Å². The van der Waals surface area contributed by atoms with E-state index in [0.717, 1.165) is 16.0 Å². The van der Waals surface area contributed by atoms with Gasteiger partial charge in [0.15, 0.2) is 5.75 Å². The summed E-state index contributed by atoms with van der Waals surface area (Å²) in [4.78, 5) is 30.5. The third-order valence-electron chi connectivity index (χ3n) is 3.42. The fraction of sp³-hybridized carbons (Fsp3) is 0.250. The summed E-state index contributed by atoms with van der Waals surface area (Å²) >= 11 is 1.62. The first-order valence-electron chi connectivity index (χ1n) is 7.48. The molecule has 0 saturated carbocycles. The molecule has 0 saturated heterocycles. The van der Waals surface area contributed by atoms with Crippen molar-refractivity contribution in [1.29, 1.82) is 0 Å². The highest BCUT2D eigenvalue weighted by atomic mass is 35.5. The van der Waals surface area contributed by atoms with Crippen molar-refractivity contribution < 1.29 is 14.3 Å². The van der Waals surface area contributed by atoms with Gasteiger partial charge < -0.3 is 25.2 Å². The van der Waals surface area contributed by atoms with Gasteiger partial charge in [-0.1, -0.05) is 0 Å². The zero-order chi connectivity index (χ0) is 17.1. The number of rotatable bonds is 5. The number of fused-ring (bicyclic) bond motifs is 3. The largest absolute Gasteiger partial charge is 0.513 e. The van der Waals surface area contributed by atoms with Crippen molar-refractivity contribution in [3.8, 4) is 5.75 Å². The summed E-state index contributed by atoms with van der Waals surface area (Å²) in [5.41, 5.74) is 6.28. The second-order valence-corrected chi connectivity index (χ2v) is 6.15. The van der Waals surface area contributed by atoms with Crippen LogP contribution < -0.4 is 16.0 Å². The van der Waals surface area contributed by atoms with Gasteiger partial charge in [0.2, 0.25) is 0 Å². The summed E-state index contributed by atoms with van der Waals surface area (Å²) < 4.78 is 10.0. The van der Waals surface area contributed by atoms with Crippen LogP contribution in [0.4, 0.5) is 4.79 Å². The number of pyridine rings is 1. The molecule has 3 rings (SSSR count). The Morgan fingerprint density at radius 2 is 2.16 bits per heavy atom. The monoisotopic (exact) mass is 383 g/mol. The highest BCUT2D eigenvalue weighted by Gasteiger charge is 2.16. The molecule has 0 aliphatic heterocycles. The molecule has 7 nitrogen and oxygen atoms in total. The standard InChI is InChI=1S/C16H17N3O4S.ClH/c1-2-22-16(21)23-12-8-18-14-13(12)10-7-9(24-6-5-17)3-4-11(10)19-15(14)20;/h3-4,7-8,18H,2,5-6,17H2,1H3,(H,19,20);1H. The molecule has 0 spiro atoms. The number of carbonyl (C=O) groups excluding carboxylic acids is 1. The first kappa shape index (κ1) is 19.2. The molecular formula is C16H18ClN3O4S. The first-order chi connectivity index (χ1) is 11.6. The zero-order valence-electron chi connectivity index (χ0n) is 13.5. The third kappa shape index (κ3) is 3.92. The van der Waals surface area contributed by atoms with Crippen molar-refractivity contribution in [2.45, 2.75) is 11.8 Å². The van der Waals surface area contributed by atoms with Crippen LogP contribution in [0.1, 0.15) is 6.92 Å². The van der Waals surface area contributed by atoms with Crippen molar-refractivity contribution in [2.75, 3.05) is 18.9 Å². The fourth-order valence-electron chi connectivity index (χ4n) is 2.46. The van der Waals surface area contributed by atoms with Crippen LogP contribution in [-0.2, 0) is 4.74 Å². The van der Waals surface area contributed by atoms with Gasteiger partial charge in [-0.2, -0.15) is 0 Å². The summed E-state index contributed by atoms with van der Waals surface area (Å²) in [5, 5.41) is 1.34. The number of ether oxygens (including phenoxy) is 2. The van der Waals surface area contributed by atoms with Crippen molar-refractivity contribution in [1.82, 2.24) is 9.97 Å². The molecule has 2 aromatic heterocycles. The average molecular weight is 384 g/mol. The van der Waals surface area contributed by atoms with Crippen LogP contribution in [0.25, 0.3) is 21.8 Å². The average Bonchev–Trinajstić information content (AvgIpc) is 2.98. The van der Waals surface area contributed by atoms with Crippen LogP contribution >= 0.6 is 24.2 Å². The number of halogens is 1. The Kier molecular flexibility index (Phi) is 6.35. The van der Waals surface area contributed by atoms with Crippen LogP contribution in [0, 0.1) is 0 Å². The number of carbonyl (C=O) groups is 1. The van der Waals surface area contributed by atoms with Crippen LogP contribution in [0.15, 0.2) is 34.1 Å². The van der Waals surface area contributed by atoms with E-state index < -0.39 is 6.16 Å². The highest BCUT2D eigenvalue weighted by molar-refractivity contribution is 7.99. The Hall–Kier alpha value is -2.16. The number of thioether (sulfide) groups is 1. The molecule has 0 amide bonds. The minimum Gasteiger partial charge on any atom is -0.434 e. The van der Waals surface area contributed by atoms with E-state index in [1.165, 1.54) is 6.20 Å². The van der Waals surface area contributed by atoms with E-state index in [1.807, 2.05) is 18.2 Å². The van der Waals surface area contributed by atoms with Gasteiger partial charge in [-0.05, 0) is 25.1 Å². The molecule has 0 aliphatic rings. The first-order valence-corrected chi connectivity index (χ1v) is 8.47. The topological polar surface area (TPSA) is 110 Å². The molecule has 1 aromatic carbocycles. The number of hydrogen-bond donors (Lipinski definition) is 3. The summed E-state index contributed by atoms with van der Waals surface area (Å²) in [5.74, 6) is 1.05. The molecule has 3 aromatic rings. The van der Waals surface area contributed by atoms with Crippen molar-refractivity contribution in [3.05, 3.63) is 34.7 Å². The maximum absolute atomic E-state index is 12.2. The van der Waals surface area contributed by atoms with Gasteiger partial charge in [0.25, 0.3) is 5.56 Å². The lowest BCUT2D eigenvalue weighted by molar-refractivity contribution is 0.105. The van der Waals surface area contributed by atoms with E-state index in [2.05, 4.69) is 9.97 Å². The normalized spacial score (nSPS) is 10.6. The van der Waals surface area contributed by atoms with E-state index in [9.17, 15) is 9.59 Å². The summed E-state index contributed by atoms with van der Waals surface area (Å²) in [6, 6.07) is 5.69. The highest BCUT2D eigenvalue weighted by Crippen LogP contribution is 2.32. The molecule has 0 unspecified atom stereocenters. The van der Waals surface area contributed by atoms with Gasteiger partial charge in [0.05, 0.1) is 12.0 Å². The van der Waals surface area contributed by atoms with Crippen molar-refractivity contribution in [2.24, 2.45) is 5.73 Å². The summed E-state index contributed by atoms with van der Waals surface area (Å²) in [6.45, 7) is 2.48. The molecule has 25 heavy (non-hydrogen) atoms. The molecule has 0 aliphatic carbocycles. The van der Waals surface area contributed by atoms with Crippen LogP contribution in [0.2, 0.25) is 0 Å². The molecule has 4 N–H and O–H groups in total. The summed E-state index contributed by atoms with van der Waals surface area (Å²) in [6.07, 6.45) is 0.677. The SMILES string of the molecule is CCOC(=O)Oc1c[nH]c2c(=O)[nH]c3ccc(SCCN)cc3c12.Cl. The molecule has 0 atom stereocenters. The van der Waals surface area contributed by atoms with Crippen LogP contribution in [0.5, 0.6) is 5.75 Å². The van der Waals surface area contributed by atoms with E-state index >= 15 is 0 Å². The van der Waals surface area contributed by atoms with Gasteiger partial charge in [0, 0.05) is 34.3 Å². The maximum atomic E-state index is 12.2. The lowest BCUT2D eigenvalue weighted by Gasteiger charge is -2.06. The minimum absolute atomic E-state index is 0. The molecule has 0 bridgehead atoms. The molecule has 0 radical (unpaired) electrons. The number of benzene rings is 1. The Morgan fingerprint density at radius 3 is 2.88 bits per heavy atom. The van der Waals surface area contributed by atoms with E-state index in [4.69, 9.17) is 15.2 Å². The Bertz CT molecular complexity index is 954. The van der Waals surface area contributed by atoms with Crippen LogP contribution in [-0.4, -0.2) is 35.0 Å². The lowest BCUT2D eigenvalue weighted by Crippen LogP contribution is -2.10. The molecule has 2 heterocycles. The second-order valence-electron chi connectivity index (χ2n) is 4.99. The third-order valence-corrected chi connectivity index (χ3v) is 4.45. The maximum Gasteiger partial charge on any atom is 0.513 e.